The van der Waals surface area contributed by atoms with Gasteiger partial charge in [0.05, 0.1) is 46.2 Å². The number of ether oxygens (including phenoxy) is 4. The van der Waals surface area contributed by atoms with Crippen LogP contribution in [0, 0.1) is 0 Å². The number of benzene rings is 8. The van der Waals surface area contributed by atoms with Crippen LogP contribution in [-0.2, 0) is 9.59 Å². The van der Waals surface area contributed by atoms with Crippen molar-refractivity contribution in [3.8, 4) is 23.0 Å². The first-order valence-electron chi connectivity index (χ1n) is 24.1. The molecule has 0 aliphatic heterocycles. The third kappa shape index (κ3) is 13.8. The van der Waals surface area contributed by atoms with Crippen LogP contribution >= 0.6 is 14.5 Å². The molecule has 0 heterocycles. The third-order valence-corrected chi connectivity index (χ3v) is 21.7. The highest BCUT2D eigenvalue weighted by molar-refractivity contribution is 7.96. The maximum absolute atomic E-state index is 13.0. The van der Waals surface area contributed by atoms with Gasteiger partial charge in [0.1, 0.15) is 46.4 Å². The predicted molar refractivity (Wildman–Crippen MR) is 299 cm³/mol. The SMILES string of the molecule is COc1cc(/C=C/C(=O)CC(=O)/C=C/c2ccc(OCCC[P+](c3ccccc3)(c3ccccc3)c3ccccc3)c(OC)c2)ccc1OCCC[P+](c1ccccc1)(c1ccccc1)c1ccccc1.[Cl-].[Cl-]. The standard InChI is InChI=1S/C63H60O6P2.2ClH/c1-66-62-47-50(37-41-60(62)68-43-21-45-70(54-23-9-3-10-24-54,55-25-11-4-12-26-55)56-27-13-5-14-28-56)35-39-52(64)49-53(65)40-36-51-38-42-61(63(48-51)67-2)69-44-22-46-71(57-29-15-6-16-30-57,58-31-17-7-18-32-58)59-33-19-8-20-34-59;;/h3-20,23-42,47-48H,21-22,43-46,49H2,1-2H3;2*1H/q+2;;/p-2/b39-35+,40-36+;;. The molecule has 73 heavy (non-hydrogen) atoms. The Hall–Kier alpha value is -6.78. The van der Waals surface area contributed by atoms with Crippen LogP contribution < -0.4 is 75.6 Å². The van der Waals surface area contributed by atoms with Crippen molar-refractivity contribution in [1.29, 1.82) is 0 Å². The van der Waals surface area contributed by atoms with E-state index in [0.29, 0.717) is 36.2 Å². The number of ketones is 2. The molecule has 0 aliphatic rings. The zero-order valence-electron chi connectivity index (χ0n) is 41.1. The number of carbonyl (C=O) groups is 2. The molecule has 372 valence electrons. The summed E-state index contributed by atoms with van der Waals surface area (Å²) >= 11 is 0. The van der Waals surface area contributed by atoms with Crippen molar-refractivity contribution in [1.82, 2.24) is 0 Å². The minimum Gasteiger partial charge on any atom is -1.00 e. The van der Waals surface area contributed by atoms with E-state index in [2.05, 4.69) is 182 Å². The van der Waals surface area contributed by atoms with Crippen LogP contribution in [0.4, 0.5) is 0 Å². The summed E-state index contributed by atoms with van der Waals surface area (Å²) in [7, 11) is -0.737. The molecule has 8 rings (SSSR count). The largest absolute Gasteiger partial charge is 1.00 e. The molecule has 0 aliphatic carbocycles. The summed E-state index contributed by atoms with van der Waals surface area (Å²) < 4.78 is 24.2. The van der Waals surface area contributed by atoms with Crippen LogP contribution in [0.25, 0.3) is 12.2 Å². The number of rotatable bonds is 24. The predicted octanol–water partition coefficient (Wildman–Crippen LogP) is 5.49. The van der Waals surface area contributed by atoms with Crippen molar-refractivity contribution < 1.29 is 53.4 Å². The maximum atomic E-state index is 13.0. The molecule has 8 aromatic rings. The summed E-state index contributed by atoms with van der Waals surface area (Å²) in [5.41, 5.74) is 1.51. The molecule has 0 saturated carbocycles. The quantitative estimate of drug-likeness (QED) is 0.0346. The zero-order valence-corrected chi connectivity index (χ0v) is 44.4. The first-order valence-corrected chi connectivity index (χ1v) is 28.0. The van der Waals surface area contributed by atoms with Gasteiger partial charge in [0.2, 0.25) is 0 Å². The van der Waals surface area contributed by atoms with E-state index in [4.69, 9.17) is 18.9 Å². The zero-order chi connectivity index (χ0) is 49.1. The highest BCUT2D eigenvalue weighted by atomic mass is 35.5. The summed E-state index contributed by atoms with van der Waals surface area (Å²) in [6, 6.07) is 76.2. The minimum absolute atomic E-state index is 0. The van der Waals surface area contributed by atoms with Crippen LogP contribution in [0.3, 0.4) is 0 Å². The number of hydrogen-bond donors (Lipinski definition) is 0. The second-order valence-corrected chi connectivity index (χ2v) is 24.3. The smallest absolute Gasteiger partial charge is 0.163 e. The average molecular weight is 1050 g/mol. The van der Waals surface area contributed by atoms with Crippen LogP contribution in [0.2, 0.25) is 0 Å². The fourth-order valence-electron chi connectivity index (χ4n) is 9.21. The second-order valence-electron chi connectivity index (χ2n) is 17.1. The Morgan fingerprint density at radius 3 is 0.918 bits per heavy atom. The number of carbonyl (C=O) groups excluding carboxylic acids is 2. The number of halogens is 2. The first-order chi connectivity index (χ1) is 34.9. The van der Waals surface area contributed by atoms with E-state index in [0.717, 1.165) is 36.3 Å². The molecule has 0 radical (unpaired) electrons. The Bertz CT molecular complexity index is 2610. The van der Waals surface area contributed by atoms with Crippen molar-refractivity contribution in [2.24, 2.45) is 0 Å². The molecule has 6 nitrogen and oxygen atoms in total. The van der Waals surface area contributed by atoms with Gasteiger partial charge >= 0.3 is 0 Å². The van der Waals surface area contributed by atoms with Crippen molar-refractivity contribution in [3.63, 3.8) is 0 Å². The summed E-state index contributed by atoms with van der Waals surface area (Å²) in [5, 5.41) is 8.04. The van der Waals surface area contributed by atoms with Gasteiger partial charge < -0.3 is 43.8 Å². The minimum atomic E-state index is -1.98. The van der Waals surface area contributed by atoms with E-state index in [1.165, 1.54) is 44.0 Å². The van der Waals surface area contributed by atoms with Gasteiger partial charge in [-0.15, -0.1) is 0 Å². The van der Waals surface area contributed by atoms with Crippen LogP contribution in [0.5, 0.6) is 23.0 Å². The fourth-order valence-corrected chi connectivity index (χ4v) is 17.8. The van der Waals surface area contributed by atoms with Gasteiger partial charge in [0, 0.05) is 12.8 Å². The van der Waals surface area contributed by atoms with Crippen molar-refractivity contribution in [3.05, 3.63) is 242 Å². The third-order valence-electron chi connectivity index (χ3n) is 12.6. The monoisotopic (exact) mass is 1040 g/mol. The normalized spacial score (nSPS) is 11.3. The molecule has 0 amide bonds. The molecular weight excluding hydrogens is 986 g/mol. The van der Waals surface area contributed by atoms with Gasteiger partial charge in [-0.2, -0.15) is 0 Å². The Morgan fingerprint density at radius 2 is 0.658 bits per heavy atom. The Balaban J connectivity index is 0.00000435. The summed E-state index contributed by atoms with van der Waals surface area (Å²) in [4.78, 5) is 25.9. The number of allylic oxidation sites excluding steroid dienone is 2. The van der Waals surface area contributed by atoms with Crippen LogP contribution in [0.1, 0.15) is 30.4 Å². The molecule has 0 bridgehead atoms. The molecule has 0 fully saturated rings. The van der Waals surface area contributed by atoms with Gasteiger partial charge in [0.25, 0.3) is 0 Å². The van der Waals surface area contributed by atoms with E-state index in [1.807, 2.05) is 36.4 Å². The lowest BCUT2D eigenvalue weighted by Crippen LogP contribution is -3.00. The fraction of sp³-hybridized carbons (Fsp3) is 0.143. The van der Waals surface area contributed by atoms with Crippen LogP contribution in [-0.4, -0.2) is 51.3 Å². The van der Waals surface area contributed by atoms with E-state index >= 15 is 0 Å². The van der Waals surface area contributed by atoms with Gasteiger partial charge in [-0.3, -0.25) is 9.59 Å². The van der Waals surface area contributed by atoms with Crippen molar-refractivity contribution >= 4 is 70.1 Å². The highest BCUT2D eigenvalue weighted by Gasteiger charge is 2.46. The summed E-state index contributed by atoms with van der Waals surface area (Å²) in [6.07, 6.45) is 9.51. The molecule has 0 atom stereocenters. The molecule has 0 spiro atoms. The summed E-state index contributed by atoms with van der Waals surface area (Å²) in [6.45, 7) is 1.00. The van der Waals surface area contributed by atoms with Crippen LogP contribution in [0.15, 0.2) is 231 Å². The Morgan fingerprint density at radius 1 is 0.384 bits per heavy atom. The topological polar surface area (TPSA) is 71.1 Å². The Labute approximate surface area is 444 Å². The molecule has 0 aromatic heterocycles. The lowest BCUT2D eigenvalue weighted by Gasteiger charge is -2.27. The lowest BCUT2D eigenvalue weighted by molar-refractivity contribution is -0.121. The highest BCUT2D eigenvalue weighted by Crippen LogP contribution is 2.57. The van der Waals surface area contributed by atoms with E-state index in [9.17, 15) is 9.59 Å². The van der Waals surface area contributed by atoms with Crippen molar-refractivity contribution in [2.45, 2.75) is 19.3 Å². The van der Waals surface area contributed by atoms with Gasteiger partial charge in [-0.1, -0.05) is 133 Å². The van der Waals surface area contributed by atoms with Gasteiger partial charge in [-0.25, -0.2) is 0 Å². The number of methoxy groups -OCH3 is 2. The summed E-state index contributed by atoms with van der Waals surface area (Å²) in [5.74, 6) is 1.78. The maximum Gasteiger partial charge on any atom is 0.163 e. The second kappa shape index (κ2) is 27.9. The average Bonchev–Trinajstić information content (AvgIpc) is 3.44. The molecule has 0 unspecified atom stereocenters. The first kappa shape index (κ1) is 55.5. The molecule has 8 aromatic carbocycles. The molecule has 10 heteroatoms. The molecule has 0 saturated heterocycles. The Kier molecular flexibility index (Phi) is 21.2. The van der Waals surface area contributed by atoms with E-state index in [1.54, 1.807) is 26.4 Å². The lowest BCUT2D eigenvalue weighted by atomic mass is 10.1. The molecular formula is C63H60Cl2O6P2. The van der Waals surface area contributed by atoms with Crippen molar-refractivity contribution in [2.75, 3.05) is 39.8 Å². The van der Waals surface area contributed by atoms with E-state index < -0.39 is 14.5 Å². The van der Waals surface area contributed by atoms with Gasteiger partial charge in [-0.05, 0) is 120 Å². The molecule has 0 N–H and O–H groups in total. The van der Waals surface area contributed by atoms with Gasteiger partial charge in [0.15, 0.2) is 34.6 Å². The van der Waals surface area contributed by atoms with E-state index in [-0.39, 0.29) is 42.8 Å². The number of hydrogen-bond acceptors (Lipinski definition) is 6.